The van der Waals surface area contributed by atoms with Gasteiger partial charge in [-0.1, -0.05) is 0 Å². The summed E-state index contributed by atoms with van der Waals surface area (Å²) in [7, 11) is 1.38. The lowest BCUT2D eigenvalue weighted by Crippen LogP contribution is -2.36. The molecule has 0 spiro atoms. The number of nitro groups is 1. The standard InChI is InChI=1S/C12H15N3O4/c1-19-11-6-9(15(17)18)2-3-10(11)12(16)14-8-4-5-13-7-8/h2-3,6,8,13H,4-5,7H2,1H3,(H,14,16)/t8-/m1/s1. The van der Waals surface area contributed by atoms with Crippen LogP contribution in [-0.4, -0.2) is 37.1 Å². The van der Waals surface area contributed by atoms with Gasteiger partial charge in [-0.25, -0.2) is 0 Å². The van der Waals surface area contributed by atoms with Crippen LogP contribution < -0.4 is 15.4 Å². The first-order valence-corrected chi connectivity index (χ1v) is 5.96. The van der Waals surface area contributed by atoms with Gasteiger partial charge in [-0.2, -0.15) is 0 Å². The van der Waals surface area contributed by atoms with E-state index in [2.05, 4.69) is 10.6 Å². The normalized spacial score (nSPS) is 18.1. The fourth-order valence-electron chi connectivity index (χ4n) is 2.02. The Labute approximate surface area is 110 Å². The minimum absolute atomic E-state index is 0.0902. The van der Waals surface area contributed by atoms with Crippen molar-refractivity contribution in [3.63, 3.8) is 0 Å². The molecule has 2 rings (SSSR count). The second-order valence-electron chi connectivity index (χ2n) is 4.30. The molecule has 1 aromatic rings. The predicted octanol–water partition coefficient (Wildman–Crippen LogP) is 0.695. The Hall–Kier alpha value is -2.15. The lowest BCUT2D eigenvalue weighted by Gasteiger charge is -2.13. The summed E-state index contributed by atoms with van der Waals surface area (Å²) >= 11 is 0. The van der Waals surface area contributed by atoms with Gasteiger partial charge in [0.05, 0.1) is 23.7 Å². The van der Waals surface area contributed by atoms with Crippen molar-refractivity contribution < 1.29 is 14.5 Å². The number of rotatable bonds is 4. The Morgan fingerprint density at radius 3 is 2.95 bits per heavy atom. The maximum absolute atomic E-state index is 12.1. The predicted molar refractivity (Wildman–Crippen MR) is 68.4 cm³/mol. The van der Waals surface area contributed by atoms with Gasteiger partial charge in [0.1, 0.15) is 5.75 Å². The summed E-state index contributed by atoms with van der Waals surface area (Å²) in [6.45, 7) is 1.61. The Balaban J connectivity index is 2.18. The Morgan fingerprint density at radius 2 is 2.37 bits per heavy atom. The number of hydrogen-bond donors (Lipinski definition) is 2. The highest BCUT2D eigenvalue weighted by atomic mass is 16.6. The molecule has 0 unspecified atom stereocenters. The van der Waals surface area contributed by atoms with E-state index >= 15 is 0 Å². The Bertz CT molecular complexity index is 498. The molecule has 1 amide bonds. The fourth-order valence-corrected chi connectivity index (χ4v) is 2.02. The summed E-state index contributed by atoms with van der Waals surface area (Å²) in [6.07, 6.45) is 0.876. The molecule has 1 saturated heterocycles. The van der Waals surface area contributed by atoms with E-state index in [-0.39, 0.29) is 23.4 Å². The van der Waals surface area contributed by atoms with E-state index in [0.717, 1.165) is 19.5 Å². The van der Waals surface area contributed by atoms with Crippen LogP contribution in [0.4, 0.5) is 5.69 Å². The number of carbonyl (C=O) groups excluding carboxylic acids is 1. The molecule has 0 bridgehead atoms. The number of nitro benzene ring substituents is 1. The Morgan fingerprint density at radius 1 is 1.58 bits per heavy atom. The second-order valence-corrected chi connectivity index (χ2v) is 4.30. The zero-order chi connectivity index (χ0) is 13.8. The van der Waals surface area contributed by atoms with Crippen LogP contribution in [-0.2, 0) is 0 Å². The molecule has 1 aromatic carbocycles. The Kier molecular flexibility index (Phi) is 3.96. The molecule has 0 aromatic heterocycles. The van der Waals surface area contributed by atoms with Crippen LogP contribution >= 0.6 is 0 Å². The number of benzene rings is 1. The van der Waals surface area contributed by atoms with Crippen molar-refractivity contribution in [2.75, 3.05) is 20.2 Å². The van der Waals surface area contributed by atoms with Crippen molar-refractivity contribution in [1.29, 1.82) is 0 Å². The highest BCUT2D eigenvalue weighted by molar-refractivity contribution is 5.97. The van der Waals surface area contributed by atoms with Gasteiger partial charge >= 0.3 is 0 Å². The molecule has 1 atom stereocenters. The summed E-state index contributed by atoms with van der Waals surface area (Å²) in [5.41, 5.74) is 0.205. The number of ether oxygens (including phenoxy) is 1. The number of amides is 1. The van der Waals surface area contributed by atoms with Gasteiger partial charge in [0.25, 0.3) is 11.6 Å². The fraction of sp³-hybridized carbons (Fsp3) is 0.417. The quantitative estimate of drug-likeness (QED) is 0.617. The van der Waals surface area contributed by atoms with Crippen LogP contribution in [0, 0.1) is 10.1 Å². The molecule has 0 aliphatic carbocycles. The molecule has 0 radical (unpaired) electrons. The summed E-state index contributed by atoms with van der Waals surface area (Å²) in [6, 6.07) is 4.05. The molecule has 19 heavy (non-hydrogen) atoms. The summed E-state index contributed by atoms with van der Waals surface area (Å²) in [4.78, 5) is 22.2. The zero-order valence-corrected chi connectivity index (χ0v) is 10.5. The maximum atomic E-state index is 12.1. The van der Waals surface area contributed by atoms with E-state index in [4.69, 9.17) is 4.74 Å². The minimum Gasteiger partial charge on any atom is -0.496 e. The molecule has 1 fully saturated rings. The SMILES string of the molecule is COc1cc([N+](=O)[O-])ccc1C(=O)N[C@@H]1CCNC1. The summed E-state index contributed by atoms with van der Waals surface area (Å²) in [5.74, 6) is -0.0712. The zero-order valence-electron chi connectivity index (χ0n) is 10.5. The smallest absolute Gasteiger partial charge is 0.273 e. The molecule has 1 aliphatic rings. The van der Waals surface area contributed by atoms with Crippen molar-refractivity contribution in [2.45, 2.75) is 12.5 Å². The van der Waals surface area contributed by atoms with E-state index < -0.39 is 4.92 Å². The van der Waals surface area contributed by atoms with Crippen LogP contribution in [0.5, 0.6) is 5.75 Å². The molecular formula is C12H15N3O4. The molecule has 2 N–H and O–H groups in total. The second kappa shape index (κ2) is 5.66. The first-order chi connectivity index (χ1) is 9.11. The van der Waals surface area contributed by atoms with E-state index in [0.29, 0.717) is 5.56 Å². The number of nitrogens with one attached hydrogen (secondary N) is 2. The van der Waals surface area contributed by atoms with Crippen molar-refractivity contribution >= 4 is 11.6 Å². The average Bonchev–Trinajstić information content (AvgIpc) is 2.90. The lowest BCUT2D eigenvalue weighted by atomic mass is 10.1. The van der Waals surface area contributed by atoms with Gasteiger partial charge in [0.2, 0.25) is 0 Å². The van der Waals surface area contributed by atoms with Gasteiger partial charge in [0.15, 0.2) is 0 Å². The molecular weight excluding hydrogens is 250 g/mol. The van der Waals surface area contributed by atoms with Crippen LogP contribution in [0.3, 0.4) is 0 Å². The summed E-state index contributed by atoms with van der Waals surface area (Å²) < 4.78 is 5.04. The van der Waals surface area contributed by atoms with E-state index in [1.54, 1.807) is 0 Å². The number of carbonyl (C=O) groups is 1. The van der Waals surface area contributed by atoms with Crippen LogP contribution in [0.25, 0.3) is 0 Å². The third-order valence-corrected chi connectivity index (χ3v) is 3.04. The van der Waals surface area contributed by atoms with E-state index in [1.165, 1.54) is 25.3 Å². The monoisotopic (exact) mass is 265 g/mol. The molecule has 7 heteroatoms. The number of methoxy groups -OCH3 is 1. The van der Waals surface area contributed by atoms with Gasteiger partial charge < -0.3 is 15.4 Å². The molecule has 102 valence electrons. The van der Waals surface area contributed by atoms with Gasteiger partial charge in [0, 0.05) is 18.7 Å². The topological polar surface area (TPSA) is 93.5 Å². The minimum atomic E-state index is -0.523. The van der Waals surface area contributed by atoms with Crippen molar-refractivity contribution in [2.24, 2.45) is 0 Å². The van der Waals surface area contributed by atoms with Gasteiger partial charge in [-0.05, 0) is 19.0 Å². The van der Waals surface area contributed by atoms with Crippen LogP contribution in [0.15, 0.2) is 18.2 Å². The highest BCUT2D eigenvalue weighted by Gasteiger charge is 2.21. The van der Waals surface area contributed by atoms with Crippen molar-refractivity contribution in [3.05, 3.63) is 33.9 Å². The number of non-ortho nitro benzene ring substituents is 1. The molecule has 1 aliphatic heterocycles. The largest absolute Gasteiger partial charge is 0.496 e. The number of nitrogens with zero attached hydrogens (tertiary/aromatic N) is 1. The van der Waals surface area contributed by atoms with E-state index in [9.17, 15) is 14.9 Å². The van der Waals surface area contributed by atoms with Crippen LogP contribution in [0.2, 0.25) is 0 Å². The van der Waals surface area contributed by atoms with E-state index in [1.807, 2.05) is 0 Å². The lowest BCUT2D eigenvalue weighted by molar-refractivity contribution is -0.384. The highest BCUT2D eigenvalue weighted by Crippen LogP contribution is 2.24. The average molecular weight is 265 g/mol. The summed E-state index contributed by atoms with van der Waals surface area (Å²) in [5, 5.41) is 16.7. The first-order valence-electron chi connectivity index (χ1n) is 5.96. The van der Waals surface area contributed by atoms with Crippen molar-refractivity contribution in [3.8, 4) is 5.75 Å². The maximum Gasteiger partial charge on any atom is 0.273 e. The number of hydrogen-bond acceptors (Lipinski definition) is 5. The van der Waals surface area contributed by atoms with Crippen LogP contribution in [0.1, 0.15) is 16.8 Å². The van der Waals surface area contributed by atoms with Gasteiger partial charge in [-0.15, -0.1) is 0 Å². The molecule has 1 heterocycles. The third kappa shape index (κ3) is 3.00. The van der Waals surface area contributed by atoms with Crippen molar-refractivity contribution in [1.82, 2.24) is 10.6 Å². The third-order valence-electron chi connectivity index (χ3n) is 3.04. The first kappa shape index (κ1) is 13.3. The van der Waals surface area contributed by atoms with Gasteiger partial charge in [-0.3, -0.25) is 14.9 Å². The molecule has 7 nitrogen and oxygen atoms in total. The molecule has 0 saturated carbocycles.